The Hall–Kier alpha value is -2.09. The van der Waals surface area contributed by atoms with Gasteiger partial charge < -0.3 is 5.11 Å². The van der Waals surface area contributed by atoms with Gasteiger partial charge >= 0.3 is 5.97 Å². The fourth-order valence-corrected chi connectivity index (χ4v) is 1.89. The molecule has 0 atom stereocenters. The molecule has 8 heteroatoms. The molecule has 1 N–H and O–H groups in total. The van der Waals surface area contributed by atoms with Crippen LogP contribution in [0.2, 0.25) is 0 Å². The molecule has 98 valence electrons. The van der Waals surface area contributed by atoms with E-state index in [0.29, 0.717) is 10.2 Å². The van der Waals surface area contributed by atoms with Crippen molar-refractivity contribution in [3.8, 4) is 5.95 Å². The molecule has 2 rings (SSSR count). The minimum absolute atomic E-state index is 0.0901. The van der Waals surface area contributed by atoms with E-state index in [1.165, 1.54) is 6.07 Å². The molecule has 19 heavy (non-hydrogen) atoms. The van der Waals surface area contributed by atoms with E-state index in [4.69, 9.17) is 5.11 Å². The van der Waals surface area contributed by atoms with Crippen molar-refractivity contribution in [3.63, 3.8) is 0 Å². The molecule has 2 aromatic rings. The van der Waals surface area contributed by atoms with E-state index in [1.54, 1.807) is 6.92 Å². The number of hydrogen-bond donors (Lipinski definition) is 1. The highest BCUT2D eigenvalue weighted by molar-refractivity contribution is 9.10. The van der Waals surface area contributed by atoms with Gasteiger partial charge in [-0.25, -0.2) is 23.7 Å². The van der Waals surface area contributed by atoms with Crippen LogP contribution in [-0.4, -0.2) is 25.6 Å². The number of halogens is 2. The van der Waals surface area contributed by atoms with Gasteiger partial charge in [0, 0.05) is 10.2 Å². The lowest BCUT2D eigenvalue weighted by molar-refractivity contribution is 0.0694. The molecular formula is C11H7BrFN3O3. The van der Waals surface area contributed by atoms with Gasteiger partial charge in [-0.05, 0) is 28.9 Å². The molecule has 0 amide bonds. The Bertz CT molecular complexity index is 712. The minimum atomic E-state index is -1.36. The van der Waals surface area contributed by atoms with E-state index in [1.807, 2.05) is 0 Å². The monoisotopic (exact) mass is 327 g/mol. The molecule has 0 aliphatic heterocycles. The molecule has 0 aliphatic rings. The number of nitrogens with zero attached hydrogens (tertiary/aromatic N) is 3. The highest BCUT2D eigenvalue weighted by Gasteiger charge is 2.18. The third kappa shape index (κ3) is 2.39. The highest BCUT2D eigenvalue weighted by atomic mass is 79.9. The third-order valence-corrected chi connectivity index (χ3v) is 3.23. The molecule has 0 radical (unpaired) electrons. The summed E-state index contributed by atoms with van der Waals surface area (Å²) in [5.41, 5.74) is -0.785. The van der Waals surface area contributed by atoms with Gasteiger partial charge in [-0.3, -0.25) is 4.79 Å². The van der Waals surface area contributed by atoms with Crippen molar-refractivity contribution in [1.82, 2.24) is 14.5 Å². The molecule has 0 unspecified atom stereocenters. The van der Waals surface area contributed by atoms with Gasteiger partial charge in [0.2, 0.25) is 5.95 Å². The predicted molar refractivity (Wildman–Crippen MR) is 67.0 cm³/mol. The molecule has 2 heterocycles. The average Bonchev–Trinajstić information content (AvgIpc) is 2.36. The number of carbonyl (C=O) groups is 1. The number of carboxylic acids is 1. The van der Waals surface area contributed by atoms with Crippen LogP contribution in [0.3, 0.4) is 0 Å². The van der Waals surface area contributed by atoms with Crippen molar-refractivity contribution in [1.29, 1.82) is 0 Å². The van der Waals surface area contributed by atoms with Crippen LogP contribution < -0.4 is 5.56 Å². The summed E-state index contributed by atoms with van der Waals surface area (Å²) in [5.74, 6) is -2.10. The van der Waals surface area contributed by atoms with Crippen molar-refractivity contribution in [2.24, 2.45) is 0 Å². The maximum Gasteiger partial charge on any atom is 0.341 e. The first-order valence-corrected chi connectivity index (χ1v) is 5.84. The zero-order valence-electron chi connectivity index (χ0n) is 9.59. The first-order valence-electron chi connectivity index (χ1n) is 5.05. The van der Waals surface area contributed by atoms with E-state index in [2.05, 4.69) is 25.9 Å². The van der Waals surface area contributed by atoms with Crippen molar-refractivity contribution in [2.45, 2.75) is 6.92 Å². The van der Waals surface area contributed by atoms with Gasteiger partial charge in [-0.1, -0.05) is 0 Å². The highest BCUT2D eigenvalue weighted by Crippen LogP contribution is 2.17. The Balaban J connectivity index is 2.79. The zero-order chi connectivity index (χ0) is 14.2. The summed E-state index contributed by atoms with van der Waals surface area (Å²) in [4.78, 5) is 30.4. The van der Waals surface area contributed by atoms with E-state index in [9.17, 15) is 14.0 Å². The van der Waals surface area contributed by atoms with Gasteiger partial charge in [-0.2, -0.15) is 0 Å². The molecule has 6 nitrogen and oxygen atoms in total. The summed E-state index contributed by atoms with van der Waals surface area (Å²) in [6.45, 7) is 1.59. The van der Waals surface area contributed by atoms with E-state index >= 15 is 0 Å². The summed E-state index contributed by atoms with van der Waals surface area (Å²) in [6, 6.07) is 1.21. The SMILES string of the molecule is Cc1c(Br)cc(C(=O)O)c(=O)n1-c1ncc(F)cn1. The van der Waals surface area contributed by atoms with Crippen LogP contribution in [0.5, 0.6) is 0 Å². The van der Waals surface area contributed by atoms with Crippen LogP contribution in [-0.2, 0) is 0 Å². The molecule has 2 aromatic heterocycles. The largest absolute Gasteiger partial charge is 0.477 e. The summed E-state index contributed by atoms with van der Waals surface area (Å²) in [6.07, 6.45) is 1.80. The Kier molecular flexibility index (Phi) is 3.43. The lowest BCUT2D eigenvalue weighted by Gasteiger charge is -2.10. The van der Waals surface area contributed by atoms with Crippen LogP contribution in [0, 0.1) is 12.7 Å². The Labute approximate surface area is 114 Å². The standard InChI is InChI=1S/C11H7BrFN3O3/c1-5-8(12)2-7(10(18)19)9(17)16(5)11-14-3-6(13)4-15-11/h2-4H,1H3,(H,18,19). The zero-order valence-corrected chi connectivity index (χ0v) is 11.2. The molecule has 0 fully saturated rings. The summed E-state index contributed by atoms with van der Waals surface area (Å²) >= 11 is 3.16. The Morgan fingerprint density at radius 3 is 2.53 bits per heavy atom. The van der Waals surface area contributed by atoms with Gasteiger partial charge in [-0.15, -0.1) is 0 Å². The van der Waals surface area contributed by atoms with Crippen LogP contribution >= 0.6 is 15.9 Å². The smallest absolute Gasteiger partial charge is 0.341 e. The van der Waals surface area contributed by atoms with Crippen LogP contribution in [0.1, 0.15) is 16.1 Å². The van der Waals surface area contributed by atoms with Crippen molar-refractivity contribution in [2.75, 3.05) is 0 Å². The number of aromatic nitrogens is 3. The average molecular weight is 328 g/mol. The normalized spacial score (nSPS) is 10.5. The van der Waals surface area contributed by atoms with E-state index < -0.39 is 22.9 Å². The number of carboxylic acid groups (broad SMARTS) is 1. The van der Waals surface area contributed by atoms with Crippen molar-refractivity contribution in [3.05, 3.63) is 50.4 Å². The number of hydrogen-bond acceptors (Lipinski definition) is 4. The van der Waals surface area contributed by atoms with E-state index in [0.717, 1.165) is 17.0 Å². The lowest BCUT2D eigenvalue weighted by Crippen LogP contribution is -2.28. The molecule has 0 bridgehead atoms. The second-order valence-corrected chi connectivity index (χ2v) is 4.49. The van der Waals surface area contributed by atoms with Crippen LogP contribution in [0.4, 0.5) is 4.39 Å². The van der Waals surface area contributed by atoms with E-state index in [-0.39, 0.29) is 5.95 Å². The number of aromatic carboxylic acids is 1. The minimum Gasteiger partial charge on any atom is -0.477 e. The molecule has 0 saturated heterocycles. The number of rotatable bonds is 2. The molecule has 0 saturated carbocycles. The first kappa shape index (κ1) is 13.3. The van der Waals surface area contributed by atoms with Crippen molar-refractivity contribution < 1.29 is 14.3 Å². The second kappa shape index (κ2) is 4.88. The van der Waals surface area contributed by atoms with Crippen LogP contribution in [0.25, 0.3) is 5.95 Å². The molecular weight excluding hydrogens is 321 g/mol. The first-order chi connectivity index (χ1) is 8.91. The Morgan fingerprint density at radius 1 is 1.42 bits per heavy atom. The summed E-state index contributed by atoms with van der Waals surface area (Å²) < 4.78 is 14.2. The van der Waals surface area contributed by atoms with Crippen LogP contribution in [0.15, 0.2) is 27.7 Å². The maximum atomic E-state index is 12.8. The molecule has 0 aliphatic carbocycles. The van der Waals surface area contributed by atoms with Gasteiger partial charge in [0.25, 0.3) is 5.56 Å². The predicted octanol–water partition coefficient (Wildman–Crippen LogP) is 1.54. The third-order valence-electron chi connectivity index (χ3n) is 2.42. The summed E-state index contributed by atoms with van der Waals surface area (Å²) in [7, 11) is 0. The number of pyridine rings is 1. The topological polar surface area (TPSA) is 85.1 Å². The van der Waals surface area contributed by atoms with Gasteiger partial charge in [0.1, 0.15) is 5.56 Å². The quantitative estimate of drug-likeness (QED) is 0.904. The molecule has 0 aromatic carbocycles. The fourth-order valence-electron chi connectivity index (χ4n) is 1.49. The molecule has 0 spiro atoms. The fraction of sp³-hybridized carbons (Fsp3) is 0.0909. The van der Waals surface area contributed by atoms with Gasteiger partial charge in [0.05, 0.1) is 12.4 Å². The van der Waals surface area contributed by atoms with Gasteiger partial charge in [0.15, 0.2) is 5.82 Å². The second-order valence-electron chi connectivity index (χ2n) is 3.64. The van der Waals surface area contributed by atoms with Crippen molar-refractivity contribution >= 4 is 21.9 Å². The Morgan fingerprint density at radius 2 is 2.00 bits per heavy atom. The maximum absolute atomic E-state index is 12.8. The lowest BCUT2D eigenvalue weighted by atomic mass is 10.2. The summed E-state index contributed by atoms with van der Waals surface area (Å²) in [5, 5.41) is 8.96.